The molecule has 1 atom stereocenters. The van der Waals surface area contributed by atoms with Crippen LogP contribution in [0.5, 0.6) is 0 Å². The molecule has 0 saturated heterocycles. The second-order valence-corrected chi connectivity index (χ2v) is 7.41. The molecule has 0 bridgehead atoms. The van der Waals surface area contributed by atoms with E-state index in [0.717, 1.165) is 34.9 Å². The van der Waals surface area contributed by atoms with Crippen LogP contribution in [0.1, 0.15) is 39.5 Å². The van der Waals surface area contributed by atoms with Crippen molar-refractivity contribution < 1.29 is 4.79 Å². The van der Waals surface area contributed by atoms with Crippen molar-refractivity contribution in [2.75, 3.05) is 7.05 Å². The number of thioether (sulfide) groups is 1. The van der Waals surface area contributed by atoms with Crippen LogP contribution in [0.4, 0.5) is 0 Å². The van der Waals surface area contributed by atoms with Crippen LogP contribution in [0.25, 0.3) is 0 Å². The van der Waals surface area contributed by atoms with E-state index >= 15 is 0 Å². The number of benzene rings is 2. The van der Waals surface area contributed by atoms with Crippen molar-refractivity contribution in [3.8, 4) is 0 Å². The van der Waals surface area contributed by atoms with Crippen LogP contribution in [0.3, 0.4) is 0 Å². The van der Waals surface area contributed by atoms with Gasteiger partial charge < -0.3 is 4.90 Å². The number of hydrogen-bond acceptors (Lipinski definition) is 4. The van der Waals surface area contributed by atoms with Gasteiger partial charge in [-0.05, 0) is 41.7 Å². The fourth-order valence-electron chi connectivity index (χ4n) is 3.44. The summed E-state index contributed by atoms with van der Waals surface area (Å²) in [7, 11) is 1.91. The molecule has 0 aliphatic heterocycles. The SMILES string of the molecule is CN(C(=O)c1ccc(CSc2ncn[nH]2)cc1)C1CCc2ccccc21. The molecule has 0 radical (unpaired) electrons. The Bertz CT molecular complexity index is 892. The zero-order valence-electron chi connectivity index (χ0n) is 14.6. The predicted octanol–water partition coefficient (Wildman–Crippen LogP) is 3.86. The highest BCUT2D eigenvalue weighted by Crippen LogP contribution is 2.35. The molecule has 26 heavy (non-hydrogen) atoms. The molecule has 4 rings (SSSR count). The lowest BCUT2D eigenvalue weighted by Gasteiger charge is -2.25. The first-order chi connectivity index (χ1) is 12.7. The standard InChI is InChI=1S/C20H20N4OS/c1-24(18-11-10-15-4-2-3-5-17(15)18)19(25)16-8-6-14(7-9-16)12-26-20-21-13-22-23-20/h2-9,13,18H,10-12H2,1H3,(H,21,22,23). The number of rotatable bonds is 5. The molecule has 1 N–H and O–H groups in total. The number of carbonyl (C=O) groups excluding carboxylic acids is 1. The summed E-state index contributed by atoms with van der Waals surface area (Å²) in [5.74, 6) is 0.858. The molecular formula is C20H20N4OS. The van der Waals surface area contributed by atoms with Gasteiger partial charge >= 0.3 is 0 Å². The van der Waals surface area contributed by atoms with Crippen LogP contribution in [0, 0.1) is 0 Å². The number of hydrogen-bond donors (Lipinski definition) is 1. The molecule has 1 unspecified atom stereocenters. The lowest BCUT2D eigenvalue weighted by atomic mass is 10.1. The summed E-state index contributed by atoms with van der Waals surface area (Å²) in [6.45, 7) is 0. The van der Waals surface area contributed by atoms with E-state index in [0.29, 0.717) is 0 Å². The van der Waals surface area contributed by atoms with Gasteiger partial charge in [-0.15, -0.1) is 0 Å². The van der Waals surface area contributed by atoms with Gasteiger partial charge in [0.2, 0.25) is 0 Å². The summed E-state index contributed by atoms with van der Waals surface area (Å²) in [6, 6.07) is 16.4. The molecule has 1 aliphatic rings. The lowest BCUT2D eigenvalue weighted by Crippen LogP contribution is -2.30. The van der Waals surface area contributed by atoms with Gasteiger partial charge in [0.1, 0.15) is 6.33 Å². The van der Waals surface area contributed by atoms with Crippen molar-refractivity contribution in [3.63, 3.8) is 0 Å². The third-order valence-electron chi connectivity index (χ3n) is 4.86. The van der Waals surface area contributed by atoms with Gasteiger partial charge in [-0.1, -0.05) is 48.2 Å². The maximum atomic E-state index is 12.9. The van der Waals surface area contributed by atoms with Crippen LogP contribution in [0.15, 0.2) is 60.0 Å². The number of aromatic nitrogens is 3. The number of aryl methyl sites for hydroxylation is 1. The van der Waals surface area contributed by atoms with Crippen molar-refractivity contribution in [1.29, 1.82) is 0 Å². The Kier molecular flexibility index (Phi) is 4.75. The van der Waals surface area contributed by atoms with E-state index in [1.807, 2.05) is 36.2 Å². The first-order valence-electron chi connectivity index (χ1n) is 8.64. The van der Waals surface area contributed by atoms with Gasteiger partial charge in [0.25, 0.3) is 5.91 Å². The van der Waals surface area contributed by atoms with Crippen molar-refractivity contribution in [2.45, 2.75) is 29.8 Å². The zero-order chi connectivity index (χ0) is 17.9. The van der Waals surface area contributed by atoms with E-state index in [-0.39, 0.29) is 11.9 Å². The zero-order valence-corrected chi connectivity index (χ0v) is 15.4. The van der Waals surface area contributed by atoms with Crippen molar-refractivity contribution in [2.24, 2.45) is 0 Å². The van der Waals surface area contributed by atoms with Crippen LogP contribution in [-0.2, 0) is 12.2 Å². The summed E-state index contributed by atoms with van der Waals surface area (Å²) >= 11 is 1.59. The van der Waals surface area contributed by atoms with Gasteiger partial charge in [-0.3, -0.25) is 9.89 Å². The third kappa shape index (κ3) is 3.37. The molecular weight excluding hydrogens is 344 g/mol. The minimum atomic E-state index is 0.0705. The minimum absolute atomic E-state index is 0.0705. The Labute approximate surface area is 156 Å². The van der Waals surface area contributed by atoms with Crippen molar-refractivity contribution in [3.05, 3.63) is 77.1 Å². The molecule has 0 spiro atoms. The van der Waals surface area contributed by atoms with Crippen LogP contribution >= 0.6 is 11.8 Å². The number of aromatic amines is 1. The van der Waals surface area contributed by atoms with E-state index in [9.17, 15) is 4.79 Å². The van der Waals surface area contributed by atoms with Gasteiger partial charge in [0.15, 0.2) is 5.16 Å². The summed E-state index contributed by atoms with van der Waals surface area (Å²) < 4.78 is 0. The summed E-state index contributed by atoms with van der Waals surface area (Å²) in [6.07, 6.45) is 3.53. The molecule has 6 heteroatoms. The maximum absolute atomic E-state index is 12.9. The van der Waals surface area contributed by atoms with Crippen LogP contribution < -0.4 is 0 Å². The lowest BCUT2D eigenvalue weighted by molar-refractivity contribution is 0.0730. The summed E-state index contributed by atoms with van der Waals surface area (Å²) in [4.78, 5) is 18.9. The van der Waals surface area contributed by atoms with Gasteiger partial charge in [-0.25, -0.2) is 4.98 Å². The van der Waals surface area contributed by atoms with Gasteiger partial charge in [0.05, 0.1) is 6.04 Å². The molecule has 1 amide bonds. The normalized spacial score (nSPS) is 15.7. The Morgan fingerprint density at radius 1 is 1.23 bits per heavy atom. The van der Waals surface area contributed by atoms with E-state index in [1.165, 1.54) is 17.5 Å². The first kappa shape index (κ1) is 16.8. The molecule has 0 saturated carbocycles. The van der Waals surface area contributed by atoms with Crippen molar-refractivity contribution >= 4 is 17.7 Å². The third-order valence-corrected chi connectivity index (χ3v) is 5.81. The van der Waals surface area contributed by atoms with Gasteiger partial charge in [-0.2, -0.15) is 5.10 Å². The fraction of sp³-hybridized carbons (Fsp3) is 0.250. The Morgan fingerprint density at radius 3 is 2.81 bits per heavy atom. The topological polar surface area (TPSA) is 61.9 Å². The Hall–Kier alpha value is -2.60. The Morgan fingerprint density at radius 2 is 2.04 bits per heavy atom. The quantitative estimate of drug-likeness (QED) is 0.699. The highest BCUT2D eigenvalue weighted by Gasteiger charge is 2.28. The second-order valence-electron chi connectivity index (χ2n) is 6.45. The van der Waals surface area contributed by atoms with E-state index in [1.54, 1.807) is 11.8 Å². The molecule has 1 aromatic heterocycles. The van der Waals surface area contributed by atoms with Gasteiger partial charge in [0, 0.05) is 18.4 Å². The second kappa shape index (κ2) is 7.33. The van der Waals surface area contributed by atoms with Crippen LogP contribution in [-0.4, -0.2) is 33.0 Å². The summed E-state index contributed by atoms with van der Waals surface area (Å²) in [5.41, 5.74) is 4.52. The van der Waals surface area contributed by atoms with E-state index < -0.39 is 0 Å². The van der Waals surface area contributed by atoms with Crippen LogP contribution in [0.2, 0.25) is 0 Å². The number of carbonyl (C=O) groups is 1. The first-order valence-corrected chi connectivity index (χ1v) is 9.63. The maximum Gasteiger partial charge on any atom is 0.254 e. The summed E-state index contributed by atoms with van der Waals surface area (Å²) in [5, 5.41) is 7.47. The molecule has 1 heterocycles. The van der Waals surface area contributed by atoms with Crippen molar-refractivity contribution in [1.82, 2.24) is 20.1 Å². The molecule has 0 fully saturated rings. The highest BCUT2D eigenvalue weighted by molar-refractivity contribution is 7.98. The number of nitrogens with zero attached hydrogens (tertiary/aromatic N) is 3. The number of fused-ring (bicyclic) bond motifs is 1. The smallest absolute Gasteiger partial charge is 0.254 e. The molecule has 2 aromatic carbocycles. The highest BCUT2D eigenvalue weighted by atomic mass is 32.2. The fourth-order valence-corrected chi connectivity index (χ4v) is 4.18. The average Bonchev–Trinajstić information content (AvgIpc) is 3.35. The number of amides is 1. The largest absolute Gasteiger partial charge is 0.335 e. The molecule has 1 aliphatic carbocycles. The van der Waals surface area contributed by atoms with E-state index in [2.05, 4.69) is 39.4 Å². The predicted molar refractivity (Wildman–Crippen MR) is 102 cm³/mol. The average molecular weight is 364 g/mol. The Balaban J connectivity index is 1.43. The molecule has 3 aromatic rings. The molecule has 132 valence electrons. The number of H-pyrrole nitrogens is 1. The number of nitrogens with one attached hydrogen (secondary N) is 1. The molecule has 5 nitrogen and oxygen atoms in total. The van der Waals surface area contributed by atoms with E-state index in [4.69, 9.17) is 0 Å². The minimum Gasteiger partial charge on any atom is -0.335 e. The monoisotopic (exact) mass is 364 g/mol.